The monoisotopic (exact) mass is 116 g/mol. The van der Waals surface area contributed by atoms with E-state index in [0.29, 0.717) is 0 Å². The molecule has 0 spiro atoms. The van der Waals surface area contributed by atoms with Crippen LogP contribution in [0.5, 0.6) is 0 Å². The number of hydrogen-bond donors (Lipinski definition) is 1. The van der Waals surface area contributed by atoms with Crippen LogP contribution < -0.4 is 0 Å². The molecule has 0 saturated heterocycles. The number of hydrogen-bond acceptors (Lipinski definition) is 1. The molecule has 0 heterocycles. The van der Waals surface area contributed by atoms with Gasteiger partial charge in [0, 0.05) is 27.7 Å². The Morgan fingerprint density at radius 3 is 1.75 bits per heavy atom. The van der Waals surface area contributed by atoms with Crippen LogP contribution in [0.15, 0.2) is 0 Å². The van der Waals surface area contributed by atoms with Crippen LogP contribution in [-0.2, 0) is 0 Å². The molecule has 0 rings (SSSR count). The molecule has 0 fully saturated rings. The van der Waals surface area contributed by atoms with Gasteiger partial charge in [0.2, 0.25) is 5.54 Å². The summed E-state index contributed by atoms with van der Waals surface area (Å²) in [4.78, 5) is 0. The minimum atomic E-state index is -0.158. The predicted molar refractivity (Wildman–Crippen MR) is 33.5 cm³/mol. The first-order valence-corrected chi connectivity index (χ1v) is 2.76. The minimum Gasteiger partial charge on any atom is -0.291 e. The molecule has 2 heteroatoms. The first-order chi connectivity index (χ1) is 3.48. The Labute approximate surface area is 50.4 Å². The highest BCUT2D eigenvalue weighted by Crippen LogP contribution is 2.02. The average molecular weight is 116 g/mol. The van der Waals surface area contributed by atoms with Gasteiger partial charge in [-0.2, -0.15) is 0 Å². The van der Waals surface area contributed by atoms with Crippen molar-refractivity contribution in [2.45, 2.75) is 33.2 Å². The van der Waals surface area contributed by atoms with E-state index in [2.05, 4.69) is 0 Å². The van der Waals surface area contributed by atoms with Crippen molar-refractivity contribution in [1.29, 1.82) is 0 Å². The fourth-order valence-electron chi connectivity index (χ4n) is 0.387. The van der Waals surface area contributed by atoms with E-state index in [0.717, 1.165) is 0 Å². The predicted octanol–water partition coefficient (Wildman–Crippen LogP) is 1.28. The molecule has 0 aromatic carbocycles. The van der Waals surface area contributed by atoms with Crippen LogP contribution in [0.1, 0.15) is 27.7 Å². The van der Waals surface area contributed by atoms with Crippen molar-refractivity contribution < 1.29 is 9.95 Å². The summed E-state index contributed by atoms with van der Waals surface area (Å²) in [5, 5.41) is 8.97. The average Bonchev–Trinajstić information content (AvgIpc) is 1.62. The molecule has 0 aliphatic carbocycles. The van der Waals surface area contributed by atoms with Crippen molar-refractivity contribution in [3.63, 3.8) is 0 Å². The zero-order chi connectivity index (χ0) is 6.78. The summed E-state index contributed by atoms with van der Waals surface area (Å²) >= 11 is 0. The molecule has 0 atom stereocenters. The highest BCUT2D eigenvalue weighted by Gasteiger charge is 2.22. The van der Waals surface area contributed by atoms with Gasteiger partial charge in [0.25, 0.3) is 0 Å². The molecule has 0 amide bonds. The van der Waals surface area contributed by atoms with Gasteiger partial charge in [0.05, 0.1) is 0 Å². The van der Waals surface area contributed by atoms with E-state index in [1.165, 1.54) is 4.74 Å². The summed E-state index contributed by atoms with van der Waals surface area (Å²) in [6, 6.07) is 0. The van der Waals surface area contributed by atoms with Gasteiger partial charge in [-0.3, -0.25) is 5.21 Å². The Kier molecular flexibility index (Phi) is 2.02. The maximum absolute atomic E-state index is 8.97. The van der Waals surface area contributed by atoms with Crippen LogP contribution in [0.25, 0.3) is 0 Å². The van der Waals surface area contributed by atoms with E-state index in [1.54, 1.807) is 13.1 Å². The number of rotatable bonds is 0. The Bertz CT molecular complexity index is 99.6. The standard InChI is InChI=1S/C6H14NO/c1-5-7(8)6(2,3)4/h5,8H,1-4H3/q+1/b7-5-. The second-order valence-corrected chi connectivity index (χ2v) is 2.77. The molecule has 0 aliphatic rings. The largest absolute Gasteiger partial charge is 0.291 e. The maximum Gasteiger partial charge on any atom is 0.202 e. The van der Waals surface area contributed by atoms with Crippen LogP contribution in [0.3, 0.4) is 0 Å². The molecule has 0 unspecified atom stereocenters. The molecule has 0 bridgehead atoms. The summed E-state index contributed by atoms with van der Waals surface area (Å²) in [6.07, 6.45) is 1.64. The van der Waals surface area contributed by atoms with Crippen molar-refractivity contribution in [2.75, 3.05) is 0 Å². The molecule has 0 aliphatic heterocycles. The molecule has 0 radical (unpaired) electrons. The molecule has 1 N–H and O–H groups in total. The van der Waals surface area contributed by atoms with E-state index in [4.69, 9.17) is 5.21 Å². The van der Waals surface area contributed by atoms with Gasteiger partial charge >= 0.3 is 0 Å². The van der Waals surface area contributed by atoms with Crippen LogP contribution in [0, 0.1) is 0 Å². The fraction of sp³-hybridized carbons (Fsp3) is 0.833. The molecule has 0 aromatic heterocycles. The van der Waals surface area contributed by atoms with Crippen molar-refractivity contribution in [3.05, 3.63) is 0 Å². The smallest absolute Gasteiger partial charge is 0.202 e. The van der Waals surface area contributed by atoms with Crippen LogP contribution in [-0.4, -0.2) is 21.7 Å². The SMILES string of the molecule is C/C=[N+](\O)C(C)(C)C. The van der Waals surface area contributed by atoms with Gasteiger partial charge in [-0.25, -0.2) is 0 Å². The van der Waals surface area contributed by atoms with Crippen LogP contribution in [0.4, 0.5) is 0 Å². The Hall–Kier alpha value is -0.530. The fourth-order valence-corrected chi connectivity index (χ4v) is 0.387. The van der Waals surface area contributed by atoms with Crippen molar-refractivity contribution in [3.8, 4) is 0 Å². The van der Waals surface area contributed by atoms with Crippen molar-refractivity contribution in [2.24, 2.45) is 0 Å². The third-order valence-electron chi connectivity index (χ3n) is 0.932. The first kappa shape index (κ1) is 7.47. The zero-order valence-electron chi connectivity index (χ0n) is 5.97. The van der Waals surface area contributed by atoms with E-state index in [9.17, 15) is 0 Å². The molecule has 2 nitrogen and oxygen atoms in total. The normalized spacial score (nSPS) is 14.2. The summed E-state index contributed by atoms with van der Waals surface area (Å²) in [5.74, 6) is 0. The van der Waals surface area contributed by atoms with E-state index in [-0.39, 0.29) is 5.54 Å². The molecule has 8 heavy (non-hydrogen) atoms. The summed E-state index contributed by atoms with van der Waals surface area (Å²) in [5.41, 5.74) is -0.158. The Balaban J connectivity index is 4.03. The zero-order valence-corrected chi connectivity index (χ0v) is 5.97. The lowest BCUT2D eigenvalue weighted by Gasteiger charge is -2.07. The van der Waals surface area contributed by atoms with Crippen molar-refractivity contribution >= 4 is 6.21 Å². The number of nitrogens with zero attached hydrogens (tertiary/aromatic N) is 1. The lowest BCUT2D eigenvalue weighted by molar-refractivity contribution is -0.817. The highest BCUT2D eigenvalue weighted by atomic mass is 16.5. The molecule has 0 aromatic rings. The topological polar surface area (TPSA) is 23.2 Å². The summed E-state index contributed by atoms with van der Waals surface area (Å²) < 4.78 is 1.19. The van der Waals surface area contributed by atoms with Crippen LogP contribution in [0.2, 0.25) is 0 Å². The molecule has 0 saturated carbocycles. The maximum atomic E-state index is 8.97. The van der Waals surface area contributed by atoms with E-state index < -0.39 is 0 Å². The Morgan fingerprint density at radius 1 is 1.38 bits per heavy atom. The summed E-state index contributed by atoms with van der Waals surface area (Å²) in [6.45, 7) is 7.61. The van der Waals surface area contributed by atoms with Crippen LogP contribution >= 0.6 is 0 Å². The van der Waals surface area contributed by atoms with Gasteiger partial charge in [-0.05, 0) is 4.74 Å². The first-order valence-electron chi connectivity index (χ1n) is 2.76. The summed E-state index contributed by atoms with van der Waals surface area (Å²) in [7, 11) is 0. The van der Waals surface area contributed by atoms with Gasteiger partial charge in [0.15, 0.2) is 6.21 Å². The van der Waals surface area contributed by atoms with Gasteiger partial charge in [-0.15, -0.1) is 0 Å². The molecule has 48 valence electrons. The second-order valence-electron chi connectivity index (χ2n) is 2.77. The quantitative estimate of drug-likeness (QED) is 0.219. The second kappa shape index (κ2) is 2.16. The Morgan fingerprint density at radius 2 is 1.75 bits per heavy atom. The minimum absolute atomic E-state index is 0.158. The van der Waals surface area contributed by atoms with Gasteiger partial charge in [0.1, 0.15) is 0 Å². The van der Waals surface area contributed by atoms with Gasteiger partial charge in [-0.1, -0.05) is 0 Å². The van der Waals surface area contributed by atoms with E-state index >= 15 is 0 Å². The third-order valence-corrected chi connectivity index (χ3v) is 0.932. The highest BCUT2D eigenvalue weighted by molar-refractivity contribution is 5.46. The third kappa shape index (κ3) is 1.96. The lowest BCUT2D eigenvalue weighted by Crippen LogP contribution is -2.30. The molecular formula is C6H14NO+. The van der Waals surface area contributed by atoms with Gasteiger partial charge < -0.3 is 0 Å². The molecular weight excluding hydrogens is 102 g/mol. The number of hydroxylamine groups is 1. The van der Waals surface area contributed by atoms with Crippen molar-refractivity contribution in [1.82, 2.24) is 0 Å². The lowest BCUT2D eigenvalue weighted by atomic mass is 10.1. The van der Waals surface area contributed by atoms with E-state index in [1.807, 2.05) is 20.8 Å².